The fraction of sp³-hybridized carbons (Fsp3) is 0.500. The summed E-state index contributed by atoms with van der Waals surface area (Å²) in [6.45, 7) is 8.31. The second kappa shape index (κ2) is 11.8. The van der Waals surface area contributed by atoms with Crippen molar-refractivity contribution < 1.29 is 23.9 Å². The van der Waals surface area contributed by atoms with Gasteiger partial charge >= 0.3 is 5.97 Å². The van der Waals surface area contributed by atoms with Crippen LogP contribution in [0.15, 0.2) is 29.3 Å². The van der Waals surface area contributed by atoms with E-state index < -0.39 is 5.97 Å². The summed E-state index contributed by atoms with van der Waals surface area (Å²) in [5.74, 6) is -0.597. The van der Waals surface area contributed by atoms with Crippen LogP contribution < -0.4 is 4.90 Å². The van der Waals surface area contributed by atoms with Crippen LogP contribution in [0.3, 0.4) is 0 Å². The van der Waals surface area contributed by atoms with Gasteiger partial charge in [-0.3, -0.25) is 14.4 Å². The van der Waals surface area contributed by atoms with Gasteiger partial charge in [-0.25, -0.2) is 4.99 Å². The van der Waals surface area contributed by atoms with E-state index in [1.165, 1.54) is 13.8 Å². The van der Waals surface area contributed by atoms with Gasteiger partial charge in [-0.05, 0) is 45.9 Å². The zero-order chi connectivity index (χ0) is 20.2. The molecule has 0 amide bonds. The largest absolute Gasteiger partial charge is 0.473 e. The van der Waals surface area contributed by atoms with Gasteiger partial charge in [0.2, 0.25) is 0 Å². The molecular formula is C20H28N2O5. The van der Waals surface area contributed by atoms with Crippen molar-refractivity contribution in [2.45, 2.75) is 40.5 Å². The normalized spacial score (nSPS) is 11.0. The van der Waals surface area contributed by atoms with Crippen molar-refractivity contribution in [3.63, 3.8) is 0 Å². The number of esters is 1. The predicted octanol–water partition coefficient (Wildman–Crippen LogP) is 3.08. The number of carbonyl (C=O) groups excluding carboxylic acids is 3. The topological polar surface area (TPSA) is 85.3 Å². The highest BCUT2D eigenvalue weighted by molar-refractivity contribution is 5.87. The third kappa shape index (κ3) is 8.99. The molecule has 7 heteroatoms. The maximum Gasteiger partial charge on any atom is 0.306 e. The van der Waals surface area contributed by atoms with E-state index in [0.717, 1.165) is 18.8 Å². The number of ketones is 2. The first-order valence-electron chi connectivity index (χ1n) is 9.05. The number of aliphatic imine (C=N–C) groups is 1. The fourth-order valence-electron chi connectivity index (χ4n) is 2.30. The molecule has 0 radical (unpaired) electrons. The molecule has 0 heterocycles. The zero-order valence-electron chi connectivity index (χ0n) is 16.5. The lowest BCUT2D eigenvalue weighted by Crippen LogP contribution is -2.21. The van der Waals surface area contributed by atoms with E-state index in [-0.39, 0.29) is 43.5 Å². The van der Waals surface area contributed by atoms with Gasteiger partial charge in [0.05, 0.1) is 12.1 Å². The third-order valence-electron chi connectivity index (χ3n) is 3.63. The van der Waals surface area contributed by atoms with Crippen molar-refractivity contribution in [1.29, 1.82) is 0 Å². The predicted molar refractivity (Wildman–Crippen MR) is 105 cm³/mol. The van der Waals surface area contributed by atoms with Crippen LogP contribution in [0.25, 0.3) is 0 Å². The molecule has 0 unspecified atom stereocenters. The Morgan fingerprint density at radius 1 is 0.963 bits per heavy atom. The molecule has 27 heavy (non-hydrogen) atoms. The average Bonchev–Trinajstić information content (AvgIpc) is 2.63. The third-order valence-corrected chi connectivity index (χ3v) is 3.63. The minimum Gasteiger partial charge on any atom is -0.473 e. The lowest BCUT2D eigenvalue weighted by atomic mass is 10.2. The van der Waals surface area contributed by atoms with Crippen LogP contribution in [-0.4, -0.2) is 49.7 Å². The van der Waals surface area contributed by atoms with Gasteiger partial charge in [-0.2, -0.15) is 0 Å². The van der Waals surface area contributed by atoms with Gasteiger partial charge in [0.1, 0.15) is 13.2 Å². The van der Waals surface area contributed by atoms with Gasteiger partial charge in [0.15, 0.2) is 17.5 Å². The molecule has 7 nitrogen and oxygen atoms in total. The quantitative estimate of drug-likeness (QED) is 0.335. The van der Waals surface area contributed by atoms with Crippen molar-refractivity contribution in [3.05, 3.63) is 24.3 Å². The Hall–Kier alpha value is -2.70. The monoisotopic (exact) mass is 376 g/mol. The van der Waals surface area contributed by atoms with E-state index in [0.29, 0.717) is 5.69 Å². The Kier molecular flexibility index (Phi) is 9.79. The molecule has 1 aromatic carbocycles. The van der Waals surface area contributed by atoms with Crippen LogP contribution in [0, 0.1) is 0 Å². The number of carbonyl (C=O) groups is 3. The summed E-state index contributed by atoms with van der Waals surface area (Å²) in [5.41, 5.74) is 1.71. The van der Waals surface area contributed by atoms with Crippen LogP contribution in [0.5, 0.6) is 0 Å². The first-order chi connectivity index (χ1) is 12.8. The van der Waals surface area contributed by atoms with Crippen LogP contribution in [0.4, 0.5) is 11.4 Å². The van der Waals surface area contributed by atoms with Crippen LogP contribution in [0.1, 0.15) is 40.5 Å². The van der Waals surface area contributed by atoms with E-state index in [4.69, 9.17) is 9.47 Å². The number of benzene rings is 1. The SMILES string of the molecule is CCN(CC)c1cccc(N=C(CCC(=O)OCC(C)=O)OCC(C)=O)c1. The van der Waals surface area contributed by atoms with E-state index in [1.54, 1.807) is 0 Å². The summed E-state index contributed by atoms with van der Waals surface area (Å²) < 4.78 is 10.3. The first-order valence-corrected chi connectivity index (χ1v) is 9.05. The molecule has 1 rings (SSSR count). The van der Waals surface area contributed by atoms with Crippen molar-refractivity contribution in [1.82, 2.24) is 0 Å². The minimum absolute atomic E-state index is 0.0136. The minimum atomic E-state index is -0.513. The number of anilines is 1. The lowest BCUT2D eigenvalue weighted by molar-refractivity contribution is -0.147. The molecule has 0 spiro atoms. The Balaban J connectivity index is 2.88. The van der Waals surface area contributed by atoms with Crippen molar-refractivity contribution in [2.75, 3.05) is 31.2 Å². The van der Waals surface area contributed by atoms with Crippen molar-refractivity contribution >= 4 is 34.8 Å². The fourth-order valence-corrected chi connectivity index (χ4v) is 2.30. The summed E-state index contributed by atoms with van der Waals surface area (Å²) in [5, 5.41) is 0. The molecule has 0 aromatic heterocycles. The molecular weight excluding hydrogens is 348 g/mol. The highest BCUT2D eigenvalue weighted by Gasteiger charge is 2.11. The molecule has 0 N–H and O–H groups in total. The standard InChI is InChI=1S/C20H28N2O5/c1-5-22(6-2)18-9-7-8-17(12-18)21-19(26-13-15(3)23)10-11-20(25)27-14-16(4)24/h7-9,12H,5-6,10-11,13-14H2,1-4H3. The molecule has 0 aliphatic rings. The zero-order valence-corrected chi connectivity index (χ0v) is 16.5. The maximum atomic E-state index is 11.7. The number of hydrogen-bond acceptors (Lipinski definition) is 7. The van der Waals surface area contributed by atoms with E-state index in [1.807, 2.05) is 24.3 Å². The van der Waals surface area contributed by atoms with Crippen LogP contribution >= 0.6 is 0 Å². The highest BCUT2D eigenvalue weighted by Crippen LogP contribution is 2.22. The van der Waals surface area contributed by atoms with Crippen LogP contribution in [0.2, 0.25) is 0 Å². The summed E-state index contributed by atoms with van der Waals surface area (Å²) >= 11 is 0. The molecule has 0 fully saturated rings. The van der Waals surface area contributed by atoms with E-state index in [9.17, 15) is 14.4 Å². The highest BCUT2D eigenvalue weighted by atomic mass is 16.5. The summed E-state index contributed by atoms with van der Waals surface area (Å²) in [7, 11) is 0. The molecule has 0 aliphatic carbocycles. The molecule has 0 saturated heterocycles. The van der Waals surface area contributed by atoms with Gasteiger partial charge in [0, 0.05) is 25.2 Å². The van der Waals surface area contributed by atoms with Gasteiger partial charge in [-0.15, -0.1) is 0 Å². The smallest absolute Gasteiger partial charge is 0.306 e. The van der Waals surface area contributed by atoms with Crippen molar-refractivity contribution in [3.8, 4) is 0 Å². The molecule has 0 aliphatic heterocycles. The Bertz CT molecular complexity index is 681. The molecule has 1 aromatic rings. The number of rotatable bonds is 11. The summed E-state index contributed by atoms with van der Waals surface area (Å²) in [6.07, 6.45) is 0.194. The van der Waals surface area contributed by atoms with Gasteiger partial charge in [-0.1, -0.05) is 6.07 Å². The Labute approximate surface area is 160 Å². The summed E-state index contributed by atoms with van der Waals surface area (Å²) in [6, 6.07) is 7.66. The second-order valence-electron chi connectivity index (χ2n) is 6.05. The average molecular weight is 376 g/mol. The summed E-state index contributed by atoms with van der Waals surface area (Å²) in [4.78, 5) is 40.4. The number of ether oxygens (including phenoxy) is 2. The number of nitrogens with zero attached hydrogens (tertiary/aromatic N) is 2. The number of Topliss-reactive ketones (excluding diaryl/α,β-unsaturated/α-hetero) is 2. The number of hydrogen-bond donors (Lipinski definition) is 0. The molecule has 0 atom stereocenters. The Morgan fingerprint density at radius 3 is 2.19 bits per heavy atom. The molecule has 0 bridgehead atoms. The Morgan fingerprint density at radius 2 is 1.59 bits per heavy atom. The molecule has 148 valence electrons. The van der Waals surface area contributed by atoms with E-state index >= 15 is 0 Å². The molecule has 0 saturated carbocycles. The van der Waals surface area contributed by atoms with Crippen LogP contribution in [-0.2, 0) is 23.9 Å². The van der Waals surface area contributed by atoms with Gasteiger partial charge < -0.3 is 14.4 Å². The second-order valence-corrected chi connectivity index (χ2v) is 6.05. The first kappa shape index (κ1) is 22.3. The van der Waals surface area contributed by atoms with Crippen molar-refractivity contribution in [2.24, 2.45) is 4.99 Å². The van der Waals surface area contributed by atoms with Gasteiger partial charge in [0.25, 0.3) is 0 Å². The maximum absolute atomic E-state index is 11.7. The van der Waals surface area contributed by atoms with E-state index in [2.05, 4.69) is 23.7 Å². The lowest BCUT2D eigenvalue weighted by Gasteiger charge is -2.21.